The van der Waals surface area contributed by atoms with Crippen LogP contribution in [0.5, 0.6) is 5.75 Å². The van der Waals surface area contributed by atoms with Crippen LogP contribution in [0, 0.1) is 11.2 Å². The van der Waals surface area contributed by atoms with Crippen LogP contribution in [-0.4, -0.2) is 36.6 Å². The summed E-state index contributed by atoms with van der Waals surface area (Å²) < 4.78 is 14.1. The van der Waals surface area contributed by atoms with E-state index in [9.17, 15) is 14.3 Å². The average molecular weight is 331 g/mol. The molecule has 0 radical (unpaired) electrons. The summed E-state index contributed by atoms with van der Waals surface area (Å²) >= 11 is 3.03. The highest BCUT2D eigenvalue weighted by atomic mass is 79.9. The van der Waals surface area contributed by atoms with Crippen molar-refractivity contribution < 1.29 is 14.3 Å². The van der Waals surface area contributed by atoms with Crippen molar-refractivity contribution in [3.63, 3.8) is 0 Å². The lowest BCUT2D eigenvalue weighted by Crippen LogP contribution is -2.33. The molecule has 6 heteroatoms. The minimum atomic E-state index is -0.658. The third-order valence-corrected chi connectivity index (χ3v) is 3.88. The van der Waals surface area contributed by atoms with E-state index in [0.29, 0.717) is 6.54 Å². The number of carbonyl (C=O) groups is 1. The molecule has 0 atom stereocenters. The minimum absolute atomic E-state index is 0.163. The zero-order chi connectivity index (χ0) is 14.2. The summed E-state index contributed by atoms with van der Waals surface area (Å²) in [5.41, 5.74) is -0.616. The van der Waals surface area contributed by atoms with E-state index in [4.69, 9.17) is 0 Å². The van der Waals surface area contributed by atoms with E-state index < -0.39 is 11.2 Å². The monoisotopic (exact) mass is 330 g/mol. The largest absolute Gasteiger partial charge is 0.506 e. The number of amides is 1. The molecule has 0 aliphatic heterocycles. The third kappa shape index (κ3) is 2.90. The van der Waals surface area contributed by atoms with Crippen LogP contribution in [0.3, 0.4) is 0 Å². The molecule has 0 heterocycles. The Balaban J connectivity index is 2.18. The number of rotatable bonds is 4. The molecule has 1 aliphatic carbocycles. The molecule has 4 nitrogen and oxygen atoms in total. The third-order valence-electron chi connectivity index (χ3n) is 3.27. The maximum Gasteiger partial charge on any atom is 0.232 e. The quantitative estimate of drug-likeness (QED) is 0.834. The van der Waals surface area contributed by atoms with Crippen LogP contribution in [0.4, 0.5) is 10.1 Å². The van der Waals surface area contributed by atoms with Crippen molar-refractivity contribution in [3.05, 3.63) is 22.4 Å². The summed E-state index contributed by atoms with van der Waals surface area (Å²) in [7, 11) is 3.79. The molecule has 0 aromatic heterocycles. The number of phenolic OH excluding ortho intramolecular Hbond substituents is 1. The van der Waals surface area contributed by atoms with E-state index in [1.165, 1.54) is 12.1 Å². The fraction of sp³-hybridized carbons (Fsp3) is 0.462. The number of aromatic hydroxyl groups is 1. The van der Waals surface area contributed by atoms with Crippen LogP contribution in [-0.2, 0) is 4.79 Å². The Labute approximate surface area is 119 Å². The van der Waals surface area contributed by atoms with Gasteiger partial charge in [0, 0.05) is 6.54 Å². The van der Waals surface area contributed by atoms with Crippen molar-refractivity contribution in [1.29, 1.82) is 0 Å². The summed E-state index contributed by atoms with van der Waals surface area (Å²) in [6.07, 6.45) is 1.57. The van der Waals surface area contributed by atoms with Gasteiger partial charge in [-0.3, -0.25) is 4.79 Å². The topological polar surface area (TPSA) is 52.6 Å². The maximum atomic E-state index is 13.9. The molecule has 0 bridgehead atoms. The van der Waals surface area contributed by atoms with Gasteiger partial charge in [0.1, 0.15) is 11.4 Å². The van der Waals surface area contributed by atoms with Crippen molar-refractivity contribution in [2.45, 2.75) is 12.8 Å². The first kappa shape index (κ1) is 14.3. The van der Waals surface area contributed by atoms with Gasteiger partial charge in [-0.05, 0) is 55.0 Å². The van der Waals surface area contributed by atoms with Crippen LogP contribution in [0.2, 0.25) is 0 Å². The van der Waals surface area contributed by atoms with E-state index in [2.05, 4.69) is 21.2 Å². The molecule has 1 aromatic carbocycles. The molecule has 2 rings (SSSR count). The normalized spacial score (nSPS) is 16.5. The van der Waals surface area contributed by atoms with Gasteiger partial charge in [-0.15, -0.1) is 0 Å². The molecular weight excluding hydrogens is 315 g/mol. The van der Waals surface area contributed by atoms with Gasteiger partial charge in [0.2, 0.25) is 5.91 Å². The standard InChI is InChI=1S/C13H16BrFN2O2/c1-17(2)7-13(5-6-13)12(19)16-11-9(18)4-3-8(14)10(11)15/h3-4,18H,5-7H2,1-2H3,(H,16,19). The second-order valence-corrected chi connectivity index (χ2v) is 6.08. The predicted molar refractivity (Wildman–Crippen MR) is 74.6 cm³/mol. The predicted octanol–water partition coefficient (Wildman–Crippen LogP) is 2.57. The van der Waals surface area contributed by atoms with Crippen LogP contribution in [0.25, 0.3) is 0 Å². The van der Waals surface area contributed by atoms with Crippen molar-refractivity contribution in [2.24, 2.45) is 5.41 Å². The second-order valence-electron chi connectivity index (χ2n) is 5.23. The highest BCUT2D eigenvalue weighted by Gasteiger charge is 2.50. The van der Waals surface area contributed by atoms with Gasteiger partial charge >= 0.3 is 0 Å². The number of hydrogen-bond acceptors (Lipinski definition) is 3. The summed E-state index contributed by atoms with van der Waals surface area (Å²) in [5, 5.41) is 12.2. The average Bonchev–Trinajstić information content (AvgIpc) is 3.09. The smallest absolute Gasteiger partial charge is 0.232 e. The van der Waals surface area contributed by atoms with Crippen molar-refractivity contribution >= 4 is 27.5 Å². The number of nitrogens with zero attached hydrogens (tertiary/aromatic N) is 1. The Kier molecular flexibility index (Phi) is 3.82. The molecule has 1 amide bonds. The molecule has 0 unspecified atom stereocenters. The summed E-state index contributed by atoms with van der Waals surface area (Å²) in [6, 6.07) is 2.74. The molecule has 1 saturated carbocycles. The molecular formula is C13H16BrFN2O2. The molecule has 104 valence electrons. The molecule has 19 heavy (non-hydrogen) atoms. The zero-order valence-electron chi connectivity index (χ0n) is 10.8. The first-order chi connectivity index (χ1) is 8.85. The van der Waals surface area contributed by atoms with Crippen molar-refractivity contribution in [3.8, 4) is 5.75 Å². The number of halogens is 2. The van der Waals surface area contributed by atoms with E-state index in [1.54, 1.807) is 0 Å². The van der Waals surface area contributed by atoms with Crippen LogP contribution < -0.4 is 5.32 Å². The number of benzene rings is 1. The zero-order valence-corrected chi connectivity index (χ0v) is 12.4. The number of nitrogens with one attached hydrogen (secondary N) is 1. The first-order valence-corrected chi connectivity index (χ1v) is 6.78. The van der Waals surface area contributed by atoms with Gasteiger partial charge in [0.25, 0.3) is 0 Å². The van der Waals surface area contributed by atoms with Gasteiger partial charge in [-0.2, -0.15) is 0 Å². The highest BCUT2D eigenvalue weighted by Crippen LogP contribution is 2.47. The SMILES string of the molecule is CN(C)CC1(C(=O)Nc2c(O)ccc(Br)c2F)CC1. The Morgan fingerprint density at radius 2 is 2.16 bits per heavy atom. The van der Waals surface area contributed by atoms with Crippen molar-refractivity contribution in [2.75, 3.05) is 26.0 Å². The Morgan fingerprint density at radius 1 is 1.53 bits per heavy atom. The summed E-state index contributed by atoms with van der Waals surface area (Å²) in [4.78, 5) is 14.2. The molecule has 0 spiro atoms. The van der Waals surface area contributed by atoms with Crippen LogP contribution in [0.1, 0.15) is 12.8 Å². The molecule has 0 saturated heterocycles. The van der Waals surface area contributed by atoms with E-state index in [1.807, 2.05) is 19.0 Å². The molecule has 2 N–H and O–H groups in total. The van der Waals surface area contributed by atoms with Crippen molar-refractivity contribution in [1.82, 2.24) is 4.90 Å². The van der Waals surface area contributed by atoms with E-state index in [-0.39, 0.29) is 21.8 Å². The maximum absolute atomic E-state index is 13.9. The van der Waals surface area contributed by atoms with Gasteiger partial charge in [0.15, 0.2) is 5.82 Å². The van der Waals surface area contributed by atoms with Gasteiger partial charge in [-0.1, -0.05) is 0 Å². The molecule has 1 aliphatic rings. The summed E-state index contributed by atoms with van der Waals surface area (Å²) in [6.45, 7) is 0.620. The number of phenols is 1. The lowest BCUT2D eigenvalue weighted by Gasteiger charge is -2.20. The second kappa shape index (κ2) is 5.09. The minimum Gasteiger partial charge on any atom is -0.506 e. The Morgan fingerprint density at radius 3 is 2.68 bits per heavy atom. The number of hydrogen-bond donors (Lipinski definition) is 2. The fourth-order valence-corrected chi connectivity index (χ4v) is 2.45. The number of anilines is 1. The molecule has 1 aromatic rings. The van der Waals surface area contributed by atoms with E-state index in [0.717, 1.165) is 12.8 Å². The molecule has 1 fully saturated rings. The lowest BCUT2D eigenvalue weighted by molar-refractivity contribution is -0.121. The Bertz CT molecular complexity index is 516. The van der Waals surface area contributed by atoms with Crippen LogP contribution in [0.15, 0.2) is 16.6 Å². The fourth-order valence-electron chi connectivity index (χ4n) is 2.12. The summed E-state index contributed by atoms with van der Waals surface area (Å²) in [5.74, 6) is -1.17. The van der Waals surface area contributed by atoms with Gasteiger partial charge < -0.3 is 15.3 Å². The number of carbonyl (C=O) groups excluding carboxylic acids is 1. The lowest BCUT2D eigenvalue weighted by atomic mass is 10.1. The van der Waals surface area contributed by atoms with Gasteiger partial charge in [-0.25, -0.2) is 4.39 Å². The van der Waals surface area contributed by atoms with Gasteiger partial charge in [0.05, 0.1) is 9.89 Å². The first-order valence-electron chi connectivity index (χ1n) is 5.99. The highest BCUT2D eigenvalue weighted by molar-refractivity contribution is 9.10. The Hall–Kier alpha value is -1.14. The van der Waals surface area contributed by atoms with E-state index >= 15 is 0 Å². The van der Waals surface area contributed by atoms with Crippen LogP contribution >= 0.6 is 15.9 Å².